The molecule has 1 rings (SSSR count). The van der Waals surface area contributed by atoms with E-state index in [0.29, 0.717) is 25.1 Å². The summed E-state index contributed by atoms with van der Waals surface area (Å²) in [7, 11) is 1.50. The van der Waals surface area contributed by atoms with Crippen LogP contribution in [0.3, 0.4) is 0 Å². The number of carbonyl (C=O) groups is 2. The van der Waals surface area contributed by atoms with Crippen LogP contribution in [0.4, 0.5) is 0 Å². The van der Waals surface area contributed by atoms with E-state index >= 15 is 0 Å². The number of amides is 1. The van der Waals surface area contributed by atoms with Gasteiger partial charge in [-0.2, -0.15) is 0 Å². The highest BCUT2D eigenvalue weighted by atomic mass is 32.2. The van der Waals surface area contributed by atoms with Crippen molar-refractivity contribution in [2.24, 2.45) is 5.41 Å². The zero-order valence-electron chi connectivity index (χ0n) is 12.8. The van der Waals surface area contributed by atoms with Gasteiger partial charge in [0.25, 0.3) is 0 Å². The molecule has 0 saturated carbocycles. The number of aliphatic carboxylic acids is 1. The zero-order valence-corrected chi connectivity index (χ0v) is 13.6. The monoisotopic (exact) mass is 303 g/mol. The highest BCUT2D eigenvalue weighted by molar-refractivity contribution is 8.01. The number of nitrogens with zero attached hydrogens (tertiary/aromatic N) is 1. The Morgan fingerprint density at radius 3 is 2.55 bits per heavy atom. The lowest BCUT2D eigenvalue weighted by atomic mass is 9.80. The van der Waals surface area contributed by atoms with Gasteiger partial charge >= 0.3 is 5.97 Å². The lowest BCUT2D eigenvalue weighted by Gasteiger charge is -2.39. The van der Waals surface area contributed by atoms with Gasteiger partial charge in [0.05, 0.1) is 12.4 Å². The first-order valence-electron chi connectivity index (χ1n) is 6.84. The maximum absolute atomic E-state index is 12.2. The van der Waals surface area contributed by atoms with Gasteiger partial charge in [0.2, 0.25) is 5.91 Å². The Bertz CT molecular complexity index is 363. The number of hydrogen-bond donors (Lipinski definition) is 1. The predicted molar refractivity (Wildman–Crippen MR) is 80.0 cm³/mol. The molecule has 1 heterocycles. The molecule has 20 heavy (non-hydrogen) atoms. The van der Waals surface area contributed by atoms with Gasteiger partial charge < -0.3 is 14.7 Å². The van der Waals surface area contributed by atoms with E-state index in [1.807, 2.05) is 0 Å². The molecule has 0 aromatic rings. The maximum Gasteiger partial charge on any atom is 0.313 e. The fraction of sp³-hybridized carbons (Fsp3) is 0.857. The molecule has 1 aliphatic rings. The molecular formula is C14H25NO4S. The van der Waals surface area contributed by atoms with Crippen LogP contribution in [0.25, 0.3) is 0 Å². The van der Waals surface area contributed by atoms with Crippen LogP contribution < -0.4 is 0 Å². The Labute approximate surface area is 125 Å². The molecule has 1 aliphatic heterocycles. The number of thioether (sulfide) groups is 1. The van der Waals surface area contributed by atoms with Crippen molar-refractivity contribution in [1.29, 1.82) is 0 Å². The number of hydrogen-bond acceptors (Lipinski definition) is 4. The number of carbonyl (C=O) groups excluding carboxylic acids is 1. The first-order chi connectivity index (χ1) is 9.20. The van der Waals surface area contributed by atoms with Gasteiger partial charge in [-0.1, -0.05) is 20.8 Å². The third-order valence-electron chi connectivity index (χ3n) is 3.43. The number of methoxy groups -OCH3 is 1. The van der Waals surface area contributed by atoms with E-state index in [9.17, 15) is 14.7 Å². The molecule has 0 bridgehead atoms. The Balaban J connectivity index is 2.68. The normalized spacial score (nSPS) is 23.7. The highest BCUT2D eigenvalue weighted by Gasteiger charge is 2.43. The van der Waals surface area contributed by atoms with Crippen LogP contribution in [-0.2, 0) is 14.3 Å². The smallest absolute Gasteiger partial charge is 0.313 e. The third-order valence-corrected chi connectivity index (χ3v) is 4.69. The Morgan fingerprint density at radius 2 is 2.05 bits per heavy atom. The van der Waals surface area contributed by atoms with E-state index < -0.39 is 11.4 Å². The van der Waals surface area contributed by atoms with Crippen molar-refractivity contribution in [2.45, 2.75) is 38.4 Å². The first-order valence-corrected chi connectivity index (χ1v) is 7.83. The van der Waals surface area contributed by atoms with Gasteiger partial charge in [-0.05, 0) is 12.8 Å². The molecule has 1 atom stereocenters. The summed E-state index contributed by atoms with van der Waals surface area (Å²) in [5.74, 6) is -0.460. The van der Waals surface area contributed by atoms with Gasteiger partial charge in [-0.15, -0.1) is 11.8 Å². The van der Waals surface area contributed by atoms with E-state index in [-0.39, 0.29) is 23.8 Å². The lowest BCUT2D eigenvalue weighted by molar-refractivity contribution is -0.158. The van der Waals surface area contributed by atoms with E-state index in [1.54, 1.807) is 16.7 Å². The maximum atomic E-state index is 12.2. The Kier molecular flexibility index (Phi) is 5.89. The van der Waals surface area contributed by atoms with Crippen molar-refractivity contribution in [3.63, 3.8) is 0 Å². The van der Waals surface area contributed by atoms with Crippen LogP contribution in [0.5, 0.6) is 0 Å². The Morgan fingerprint density at radius 1 is 1.40 bits per heavy atom. The van der Waals surface area contributed by atoms with Crippen LogP contribution >= 0.6 is 11.8 Å². The number of carboxylic acid groups (broad SMARTS) is 1. The van der Waals surface area contributed by atoms with Crippen molar-refractivity contribution in [3.05, 3.63) is 0 Å². The summed E-state index contributed by atoms with van der Waals surface area (Å²) in [6, 6.07) is 0. The standard InChI is InChI=1S/C14H25NO4S/c1-13(2,3)20-8-11(16)15-7-5-6-14(9-15,10-19-4)12(17)18/h5-10H2,1-4H3,(H,17,18). The minimum Gasteiger partial charge on any atom is -0.481 e. The third kappa shape index (κ3) is 4.66. The van der Waals surface area contributed by atoms with Crippen LogP contribution in [0.2, 0.25) is 0 Å². The van der Waals surface area contributed by atoms with Crippen molar-refractivity contribution in [2.75, 3.05) is 32.6 Å². The summed E-state index contributed by atoms with van der Waals surface area (Å²) in [6.45, 7) is 7.23. The largest absolute Gasteiger partial charge is 0.481 e. The number of ether oxygens (including phenoxy) is 1. The number of carboxylic acids is 1. The van der Waals surface area contributed by atoms with Gasteiger partial charge in [-0.25, -0.2) is 0 Å². The molecule has 1 amide bonds. The summed E-state index contributed by atoms with van der Waals surface area (Å²) in [5.41, 5.74) is -0.949. The lowest BCUT2D eigenvalue weighted by Crippen LogP contribution is -2.52. The fourth-order valence-corrected chi connectivity index (χ4v) is 3.08. The topological polar surface area (TPSA) is 66.8 Å². The first kappa shape index (κ1) is 17.3. The molecule has 0 aliphatic carbocycles. The molecule has 1 unspecified atom stereocenters. The summed E-state index contributed by atoms with van der Waals surface area (Å²) in [4.78, 5) is 25.4. The summed E-state index contributed by atoms with van der Waals surface area (Å²) < 4.78 is 5.09. The molecule has 6 heteroatoms. The molecule has 1 saturated heterocycles. The van der Waals surface area contributed by atoms with Gasteiger partial charge in [0.1, 0.15) is 5.41 Å². The number of rotatable bonds is 5. The molecule has 0 aromatic carbocycles. The van der Waals surface area contributed by atoms with Crippen LogP contribution in [0, 0.1) is 5.41 Å². The van der Waals surface area contributed by atoms with Crippen molar-refractivity contribution in [3.8, 4) is 0 Å². The number of likely N-dealkylation sites (tertiary alicyclic amines) is 1. The van der Waals surface area contributed by atoms with Crippen LogP contribution in [-0.4, -0.2) is 59.2 Å². The summed E-state index contributed by atoms with van der Waals surface area (Å²) >= 11 is 1.59. The second-order valence-corrected chi connectivity index (χ2v) is 8.14. The number of piperidine rings is 1. The zero-order chi connectivity index (χ0) is 15.4. The second kappa shape index (κ2) is 6.80. The molecule has 116 valence electrons. The molecule has 1 fully saturated rings. The van der Waals surface area contributed by atoms with Gasteiger partial charge in [0, 0.05) is 24.9 Å². The van der Waals surface area contributed by atoms with Gasteiger partial charge in [0.15, 0.2) is 0 Å². The molecule has 0 radical (unpaired) electrons. The molecule has 1 N–H and O–H groups in total. The Hall–Kier alpha value is -0.750. The van der Waals surface area contributed by atoms with Crippen molar-refractivity contribution < 1.29 is 19.4 Å². The predicted octanol–water partition coefficient (Wildman–Crippen LogP) is 1.86. The molecule has 5 nitrogen and oxygen atoms in total. The quantitative estimate of drug-likeness (QED) is 0.839. The minimum atomic E-state index is -0.949. The SMILES string of the molecule is COCC1(C(=O)O)CCCN(C(=O)CSC(C)(C)C)C1. The summed E-state index contributed by atoms with van der Waals surface area (Å²) in [5, 5.41) is 9.46. The van der Waals surface area contributed by atoms with Crippen LogP contribution in [0.15, 0.2) is 0 Å². The van der Waals surface area contributed by atoms with Crippen LogP contribution in [0.1, 0.15) is 33.6 Å². The fourth-order valence-electron chi connectivity index (χ4n) is 2.34. The molecule has 0 spiro atoms. The van der Waals surface area contributed by atoms with Crippen molar-refractivity contribution >= 4 is 23.6 Å². The summed E-state index contributed by atoms with van der Waals surface area (Å²) in [6.07, 6.45) is 1.27. The van der Waals surface area contributed by atoms with E-state index in [1.165, 1.54) is 7.11 Å². The van der Waals surface area contributed by atoms with E-state index in [2.05, 4.69) is 20.8 Å². The second-order valence-electron chi connectivity index (χ2n) is 6.34. The van der Waals surface area contributed by atoms with E-state index in [0.717, 1.165) is 0 Å². The van der Waals surface area contributed by atoms with Crippen molar-refractivity contribution in [1.82, 2.24) is 4.90 Å². The molecular weight excluding hydrogens is 278 g/mol. The van der Waals surface area contributed by atoms with Gasteiger partial charge in [-0.3, -0.25) is 9.59 Å². The molecule has 0 aromatic heterocycles. The highest BCUT2D eigenvalue weighted by Crippen LogP contribution is 2.32. The van der Waals surface area contributed by atoms with E-state index in [4.69, 9.17) is 4.74 Å². The average molecular weight is 303 g/mol. The average Bonchev–Trinajstić information content (AvgIpc) is 2.35. The minimum absolute atomic E-state index is 0.0198.